The lowest BCUT2D eigenvalue weighted by atomic mass is 10.2. The van der Waals surface area contributed by atoms with Gasteiger partial charge in [-0.25, -0.2) is 4.98 Å². The van der Waals surface area contributed by atoms with Crippen LogP contribution in [0.5, 0.6) is 0 Å². The third-order valence-corrected chi connectivity index (χ3v) is 4.94. The Labute approximate surface area is 116 Å². The topological polar surface area (TPSA) is 50.9 Å². The van der Waals surface area contributed by atoms with E-state index in [1.165, 1.54) is 17.7 Å². The number of aryl methyl sites for hydroxylation is 1. The molecular formula is C10H11BrClN3OS. The number of halogens is 2. The highest BCUT2D eigenvalue weighted by Gasteiger charge is 2.16. The fourth-order valence-electron chi connectivity index (χ4n) is 1.51. The minimum atomic E-state index is -0.599. The Morgan fingerprint density at radius 2 is 2.41 bits per heavy atom. The zero-order valence-corrected chi connectivity index (χ0v) is 12.3. The van der Waals surface area contributed by atoms with Crippen LogP contribution in [-0.4, -0.2) is 19.9 Å². The van der Waals surface area contributed by atoms with Gasteiger partial charge in [0.1, 0.15) is 16.5 Å². The summed E-state index contributed by atoms with van der Waals surface area (Å²) in [6.07, 6.45) is 1.35. The van der Waals surface area contributed by atoms with Crippen LogP contribution in [0.1, 0.15) is 23.7 Å². The molecule has 2 heterocycles. The third kappa shape index (κ3) is 2.88. The first-order valence-corrected chi connectivity index (χ1v) is 7.10. The second-order valence-corrected chi connectivity index (χ2v) is 6.02. The maximum absolute atomic E-state index is 10.1. The van der Waals surface area contributed by atoms with Crippen LogP contribution in [0.15, 0.2) is 16.9 Å². The van der Waals surface area contributed by atoms with E-state index in [1.807, 2.05) is 13.0 Å². The van der Waals surface area contributed by atoms with E-state index in [4.69, 9.17) is 11.6 Å². The Morgan fingerprint density at radius 1 is 1.65 bits per heavy atom. The van der Waals surface area contributed by atoms with E-state index in [0.29, 0.717) is 10.8 Å². The molecule has 2 aromatic rings. The Kier molecular flexibility index (Phi) is 4.19. The van der Waals surface area contributed by atoms with Crippen molar-refractivity contribution in [2.75, 3.05) is 0 Å². The minimum Gasteiger partial charge on any atom is -0.387 e. The van der Waals surface area contributed by atoms with Crippen LogP contribution < -0.4 is 0 Å². The van der Waals surface area contributed by atoms with Gasteiger partial charge in [0.05, 0.1) is 6.10 Å². The number of aromatic nitrogens is 3. The van der Waals surface area contributed by atoms with Gasteiger partial charge in [0.25, 0.3) is 0 Å². The van der Waals surface area contributed by atoms with Crippen molar-refractivity contribution in [3.8, 4) is 0 Å². The summed E-state index contributed by atoms with van der Waals surface area (Å²) in [5, 5.41) is 14.2. The van der Waals surface area contributed by atoms with Gasteiger partial charge in [-0.2, -0.15) is 5.10 Å². The Balaban J connectivity index is 2.14. The van der Waals surface area contributed by atoms with Crippen molar-refractivity contribution in [1.82, 2.24) is 14.8 Å². The van der Waals surface area contributed by atoms with Crippen molar-refractivity contribution in [3.63, 3.8) is 0 Å². The minimum absolute atomic E-state index is 0.442. The molecule has 2 rings (SSSR count). The fourth-order valence-corrected chi connectivity index (χ4v) is 3.23. The number of nitrogens with zero attached hydrogens (tertiary/aromatic N) is 3. The molecule has 7 heteroatoms. The summed E-state index contributed by atoms with van der Waals surface area (Å²) in [4.78, 5) is 4.96. The second kappa shape index (κ2) is 5.48. The van der Waals surface area contributed by atoms with Crippen molar-refractivity contribution >= 4 is 38.9 Å². The van der Waals surface area contributed by atoms with Gasteiger partial charge in [-0.15, -0.1) is 11.3 Å². The van der Waals surface area contributed by atoms with Gasteiger partial charge in [0, 0.05) is 22.3 Å². The molecule has 0 aliphatic carbocycles. The van der Waals surface area contributed by atoms with Crippen LogP contribution in [0.25, 0.3) is 0 Å². The summed E-state index contributed by atoms with van der Waals surface area (Å²) in [5.74, 6) is 0.778. The number of rotatable bonds is 4. The number of hydrogen-bond acceptors (Lipinski definition) is 4. The molecular weight excluding hydrogens is 326 g/mol. The standard InChI is InChI=1S/C10H11BrClN3OS/c1-2-15-9(13-5-14-15)4-7(16)8-3-6(11)10(12)17-8/h3,5,7,16H,2,4H2,1H3. The van der Waals surface area contributed by atoms with Gasteiger partial charge >= 0.3 is 0 Å². The van der Waals surface area contributed by atoms with Crippen molar-refractivity contribution < 1.29 is 5.11 Å². The van der Waals surface area contributed by atoms with Crippen LogP contribution in [0, 0.1) is 0 Å². The predicted octanol–water partition coefficient (Wildman–Crippen LogP) is 3.05. The zero-order valence-electron chi connectivity index (χ0n) is 9.10. The van der Waals surface area contributed by atoms with Gasteiger partial charge in [0.2, 0.25) is 0 Å². The van der Waals surface area contributed by atoms with Crippen molar-refractivity contribution in [1.29, 1.82) is 0 Å². The van der Waals surface area contributed by atoms with Crippen LogP contribution in [0.2, 0.25) is 4.34 Å². The molecule has 0 saturated heterocycles. The first kappa shape index (κ1) is 13.0. The van der Waals surface area contributed by atoms with Gasteiger partial charge in [-0.05, 0) is 28.9 Å². The molecule has 0 aliphatic heterocycles. The van der Waals surface area contributed by atoms with Crippen molar-refractivity contribution in [3.05, 3.63) is 31.9 Å². The average Bonchev–Trinajstić information content (AvgIpc) is 2.86. The molecule has 2 aromatic heterocycles. The summed E-state index contributed by atoms with van der Waals surface area (Å²) in [5.41, 5.74) is 0. The Hall–Kier alpha value is -0.430. The van der Waals surface area contributed by atoms with Crippen molar-refractivity contribution in [2.45, 2.75) is 26.0 Å². The number of hydrogen-bond donors (Lipinski definition) is 1. The smallest absolute Gasteiger partial charge is 0.138 e. The quantitative estimate of drug-likeness (QED) is 0.933. The maximum atomic E-state index is 10.1. The number of thiophene rings is 1. The molecule has 0 amide bonds. The number of aliphatic hydroxyl groups is 1. The lowest BCUT2D eigenvalue weighted by Gasteiger charge is -2.08. The normalized spacial score (nSPS) is 12.9. The molecule has 0 fully saturated rings. The molecule has 1 atom stereocenters. The molecule has 0 saturated carbocycles. The Bertz CT molecular complexity index is 494. The summed E-state index contributed by atoms with van der Waals surface area (Å²) in [7, 11) is 0. The highest BCUT2D eigenvalue weighted by atomic mass is 79.9. The van der Waals surface area contributed by atoms with Crippen molar-refractivity contribution in [2.24, 2.45) is 0 Å². The van der Waals surface area contributed by atoms with E-state index in [9.17, 15) is 5.11 Å². The molecule has 1 unspecified atom stereocenters. The third-order valence-electron chi connectivity index (χ3n) is 2.36. The monoisotopic (exact) mass is 335 g/mol. The molecule has 0 aromatic carbocycles. The van der Waals surface area contributed by atoms with Gasteiger partial charge in [-0.3, -0.25) is 4.68 Å². The molecule has 0 bridgehead atoms. The zero-order chi connectivity index (χ0) is 12.4. The van der Waals surface area contributed by atoms with E-state index >= 15 is 0 Å². The van der Waals surface area contributed by atoms with Crippen LogP contribution in [0.3, 0.4) is 0 Å². The van der Waals surface area contributed by atoms with E-state index in [2.05, 4.69) is 26.0 Å². The molecule has 0 spiro atoms. The summed E-state index contributed by atoms with van der Waals surface area (Å²) in [6.45, 7) is 2.74. The van der Waals surface area contributed by atoms with E-state index in [1.54, 1.807) is 4.68 Å². The lowest BCUT2D eigenvalue weighted by Crippen LogP contribution is -2.08. The van der Waals surface area contributed by atoms with E-state index in [0.717, 1.165) is 21.7 Å². The van der Waals surface area contributed by atoms with Gasteiger partial charge < -0.3 is 5.11 Å². The van der Waals surface area contributed by atoms with E-state index < -0.39 is 6.10 Å². The fraction of sp³-hybridized carbons (Fsp3) is 0.400. The largest absolute Gasteiger partial charge is 0.387 e. The molecule has 92 valence electrons. The maximum Gasteiger partial charge on any atom is 0.138 e. The highest BCUT2D eigenvalue weighted by Crippen LogP contribution is 2.35. The second-order valence-electron chi connectivity index (χ2n) is 3.48. The lowest BCUT2D eigenvalue weighted by molar-refractivity contribution is 0.178. The molecule has 17 heavy (non-hydrogen) atoms. The van der Waals surface area contributed by atoms with Gasteiger partial charge in [-0.1, -0.05) is 11.6 Å². The van der Waals surface area contributed by atoms with Crippen LogP contribution >= 0.6 is 38.9 Å². The highest BCUT2D eigenvalue weighted by molar-refractivity contribution is 9.10. The van der Waals surface area contributed by atoms with Gasteiger partial charge in [0.15, 0.2) is 0 Å². The number of aliphatic hydroxyl groups excluding tert-OH is 1. The summed E-state index contributed by atoms with van der Waals surface area (Å²) < 4.78 is 3.24. The molecule has 0 aliphatic rings. The summed E-state index contributed by atoms with van der Waals surface area (Å²) >= 11 is 10.6. The first-order valence-electron chi connectivity index (χ1n) is 5.11. The summed E-state index contributed by atoms with van der Waals surface area (Å²) in [6, 6.07) is 1.84. The van der Waals surface area contributed by atoms with Crippen LogP contribution in [0.4, 0.5) is 0 Å². The molecule has 0 radical (unpaired) electrons. The first-order chi connectivity index (χ1) is 8.11. The Morgan fingerprint density at radius 3 is 3.00 bits per heavy atom. The molecule has 4 nitrogen and oxygen atoms in total. The molecule has 1 N–H and O–H groups in total. The average molecular weight is 337 g/mol. The predicted molar refractivity (Wildman–Crippen MR) is 71.4 cm³/mol. The van der Waals surface area contributed by atoms with E-state index in [-0.39, 0.29) is 0 Å². The van der Waals surface area contributed by atoms with Crippen LogP contribution in [-0.2, 0) is 13.0 Å². The SMILES string of the molecule is CCn1ncnc1CC(O)c1cc(Br)c(Cl)s1.